The summed E-state index contributed by atoms with van der Waals surface area (Å²) in [5.41, 5.74) is 10.7. The molecule has 0 aliphatic heterocycles. The van der Waals surface area contributed by atoms with E-state index in [9.17, 15) is 13.2 Å². The Balaban J connectivity index is 3.14. The van der Waals surface area contributed by atoms with Gasteiger partial charge in [-0.15, -0.1) is 13.2 Å². The molecule has 1 aromatic heterocycles. The minimum absolute atomic E-state index is 0.0783. The molecule has 1 heterocycles. The van der Waals surface area contributed by atoms with E-state index in [0.29, 0.717) is 0 Å². The molecule has 0 saturated carbocycles. The van der Waals surface area contributed by atoms with Crippen LogP contribution in [-0.2, 0) is 6.54 Å². The molecule has 0 aliphatic rings. The first-order chi connectivity index (χ1) is 7.39. The highest BCUT2D eigenvalue weighted by Crippen LogP contribution is 2.33. The Morgan fingerprint density at radius 3 is 2.50 bits per heavy atom. The third-order valence-electron chi connectivity index (χ3n) is 1.77. The Morgan fingerprint density at radius 2 is 2.06 bits per heavy atom. The molecular formula is C8H10F3N3O2. The summed E-state index contributed by atoms with van der Waals surface area (Å²) in [6, 6.07) is 0. The minimum Gasteiger partial charge on any atom is -0.481 e. The van der Waals surface area contributed by atoms with Crippen molar-refractivity contribution >= 4 is 5.69 Å². The lowest BCUT2D eigenvalue weighted by molar-refractivity contribution is -0.274. The van der Waals surface area contributed by atoms with Crippen molar-refractivity contribution in [2.24, 2.45) is 5.73 Å². The number of methoxy groups -OCH3 is 1. The lowest BCUT2D eigenvalue weighted by Gasteiger charge is -2.14. The van der Waals surface area contributed by atoms with Crippen molar-refractivity contribution < 1.29 is 22.6 Å². The minimum atomic E-state index is -4.82. The number of nitrogens with zero attached hydrogens (tertiary/aromatic N) is 1. The van der Waals surface area contributed by atoms with Gasteiger partial charge in [0.05, 0.1) is 24.6 Å². The van der Waals surface area contributed by atoms with Gasteiger partial charge < -0.3 is 20.9 Å². The van der Waals surface area contributed by atoms with Crippen LogP contribution >= 0.6 is 0 Å². The number of pyridine rings is 1. The van der Waals surface area contributed by atoms with E-state index in [-0.39, 0.29) is 23.7 Å². The summed E-state index contributed by atoms with van der Waals surface area (Å²) >= 11 is 0. The summed E-state index contributed by atoms with van der Waals surface area (Å²) in [4.78, 5) is 3.61. The molecule has 0 unspecified atom stereocenters. The van der Waals surface area contributed by atoms with Crippen molar-refractivity contribution in [3.63, 3.8) is 0 Å². The van der Waals surface area contributed by atoms with Crippen LogP contribution in [0.15, 0.2) is 6.20 Å². The Kier molecular flexibility index (Phi) is 3.43. The van der Waals surface area contributed by atoms with E-state index in [2.05, 4.69) is 9.72 Å². The van der Waals surface area contributed by atoms with Crippen LogP contribution in [0.3, 0.4) is 0 Å². The van der Waals surface area contributed by atoms with Crippen molar-refractivity contribution in [3.8, 4) is 11.6 Å². The van der Waals surface area contributed by atoms with E-state index in [0.717, 1.165) is 6.20 Å². The van der Waals surface area contributed by atoms with Gasteiger partial charge in [0, 0.05) is 6.54 Å². The first kappa shape index (κ1) is 12.4. The van der Waals surface area contributed by atoms with Crippen molar-refractivity contribution in [1.82, 2.24) is 4.98 Å². The molecule has 0 aromatic carbocycles. The second-order valence-corrected chi connectivity index (χ2v) is 2.78. The molecule has 0 aliphatic carbocycles. The lowest BCUT2D eigenvalue weighted by Crippen LogP contribution is -2.19. The number of anilines is 1. The smallest absolute Gasteiger partial charge is 0.481 e. The highest BCUT2D eigenvalue weighted by molar-refractivity contribution is 5.60. The van der Waals surface area contributed by atoms with E-state index >= 15 is 0 Å². The largest absolute Gasteiger partial charge is 0.573 e. The number of nitrogen functional groups attached to an aromatic ring is 1. The Bertz CT molecular complexity index is 382. The normalized spacial score (nSPS) is 11.3. The van der Waals surface area contributed by atoms with Crippen LogP contribution in [0.2, 0.25) is 0 Å². The fourth-order valence-electron chi connectivity index (χ4n) is 1.11. The Morgan fingerprint density at radius 1 is 1.44 bits per heavy atom. The number of hydrogen-bond acceptors (Lipinski definition) is 5. The second-order valence-electron chi connectivity index (χ2n) is 2.78. The quantitative estimate of drug-likeness (QED) is 0.820. The molecule has 0 spiro atoms. The van der Waals surface area contributed by atoms with E-state index in [4.69, 9.17) is 16.2 Å². The number of alkyl halides is 3. The monoisotopic (exact) mass is 237 g/mol. The predicted octanol–water partition coefficient (Wildman–Crippen LogP) is 1.03. The number of nitrogens with two attached hydrogens (primary N) is 2. The van der Waals surface area contributed by atoms with Gasteiger partial charge in [-0.05, 0) is 0 Å². The number of halogens is 3. The summed E-state index contributed by atoms with van der Waals surface area (Å²) in [6.45, 7) is -0.100. The van der Waals surface area contributed by atoms with Gasteiger partial charge in [-0.3, -0.25) is 0 Å². The maximum absolute atomic E-state index is 12.0. The van der Waals surface area contributed by atoms with Gasteiger partial charge in [-0.25, -0.2) is 4.98 Å². The maximum Gasteiger partial charge on any atom is 0.573 e. The van der Waals surface area contributed by atoms with Crippen molar-refractivity contribution in [2.45, 2.75) is 12.9 Å². The lowest BCUT2D eigenvalue weighted by atomic mass is 10.2. The van der Waals surface area contributed by atoms with Crippen molar-refractivity contribution in [2.75, 3.05) is 12.8 Å². The van der Waals surface area contributed by atoms with E-state index in [1.807, 2.05) is 0 Å². The SMILES string of the molecule is COc1ncc(OC(F)(F)F)c(N)c1CN. The zero-order chi connectivity index (χ0) is 12.3. The second kappa shape index (κ2) is 4.44. The van der Waals surface area contributed by atoms with Crippen LogP contribution in [0, 0.1) is 0 Å². The van der Waals surface area contributed by atoms with Crippen LogP contribution in [0.4, 0.5) is 18.9 Å². The van der Waals surface area contributed by atoms with Crippen LogP contribution < -0.4 is 20.9 Å². The molecule has 0 saturated heterocycles. The Hall–Kier alpha value is -1.70. The third kappa shape index (κ3) is 2.66. The zero-order valence-electron chi connectivity index (χ0n) is 8.34. The molecule has 1 aromatic rings. The van der Waals surface area contributed by atoms with Crippen LogP contribution in [-0.4, -0.2) is 18.5 Å². The molecule has 16 heavy (non-hydrogen) atoms. The fraction of sp³-hybridized carbons (Fsp3) is 0.375. The molecule has 8 heteroatoms. The molecule has 0 bridgehead atoms. The van der Waals surface area contributed by atoms with Gasteiger partial charge >= 0.3 is 6.36 Å². The fourth-order valence-corrected chi connectivity index (χ4v) is 1.11. The topological polar surface area (TPSA) is 83.4 Å². The van der Waals surface area contributed by atoms with E-state index < -0.39 is 12.1 Å². The summed E-state index contributed by atoms with van der Waals surface area (Å²) in [5, 5.41) is 0. The zero-order valence-corrected chi connectivity index (χ0v) is 8.34. The standard InChI is InChI=1S/C8H10F3N3O2/c1-15-7-4(2-12)6(13)5(3-14-7)16-8(9,10)11/h3H,2,12H2,1H3,(H2,13,14). The highest BCUT2D eigenvalue weighted by atomic mass is 19.4. The van der Waals surface area contributed by atoms with Gasteiger partial charge in [-0.1, -0.05) is 0 Å². The summed E-state index contributed by atoms with van der Waals surface area (Å²) < 4.78 is 44.4. The van der Waals surface area contributed by atoms with Gasteiger partial charge in [0.2, 0.25) is 5.88 Å². The molecule has 5 nitrogen and oxygen atoms in total. The first-order valence-corrected chi connectivity index (χ1v) is 4.16. The van der Waals surface area contributed by atoms with Crippen molar-refractivity contribution in [3.05, 3.63) is 11.8 Å². The van der Waals surface area contributed by atoms with Gasteiger partial charge in [0.25, 0.3) is 0 Å². The molecule has 0 radical (unpaired) electrons. The van der Waals surface area contributed by atoms with Gasteiger partial charge in [0.1, 0.15) is 0 Å². The van der Waals surface area contributed by atoms with Crippen LogP contribution in [0.5, 0.6) is 11.6 Å². The average Bonchev–Trinajstić information content (AvgIpc) is 2.19. The number of ether oxygens (including phenoxy) is 2. The predicted molar refractivity (Wildman–Crippen MR) is 49.8 cm³/mol. The van der Waals surface area contributed by atoms with Gasteiger partial charge in [-0.2, -0.15) is 0 Å². The first-order valence-electron chi connectivity index (χ1n) is 4.16. The molecule has 0 atom stereocenters. The number of rotatable bonds is 3. The maximum atomic E-state index is 12.0. The number of aromatic nitrogens is 1. The Labute approximate surface area is 89.1 Å². The van der Waals surface area contributed by atoms with Crippen molar-refractivity contribution in [1.29, 1.82) is 0 Å². The average molecular weight is 237 g/mol. The van der Waals surface area contributed by atoms with E-state index in [1.165, 1.54) is 7.11 Å². The molecule has 0 fully saturated rings. The molecular weight excluding hydrogens is 227 g/mol. The number of hydrogen-bond donors (Lipinski definition) is 2. The summed E-state index contributed by atoms with van der Waals surface area (Å²) in [7, 11) is 1.31. The molecule has 4 N–H and O–H groups in total. The van der Waals surface area contributed by atoms with Crippen LogP contribution in [0.25, 0.3) is 0 Å². The highest BCUT2D eigenvalue weighted by Gasteiger charge is 2.32. The summed E-state index contributed by atoms with van der Waals surface area (Å²) in [6.07, 6.45) is -3.99. The molecule has 90 valence electrons. The van der Waals surface area contributed by atoms with Gasteiger partial charge in [0.15, 0.2) is 5.75 Å². The summed E-state index contributed by atoms with van der Waals surface area (Å²) in [5.74, 6) is -0.511. The van der Waals surface area contributed by atoms with Crippen LogP contribution in [0.1, 0.15) is 5.56 Å². The third-order valence-corrected chi connectivity index (χ3v) is 1.77. The molecule has 0 amide bonds. The molecule has 1 rings (SSSR count). The van der Waals surface area contributed by atoms with E-state index in [1.54, 1.807) is 0 Å².